The fourth-order valence-corrected chi connectivity index (χ4v) is 3.34. The molecule has 6 nitrogen and oxygen atoms in total. The summed E-state index contributed by atoms with van der Waals surface area (Å²) in [6.07, 6.45) is 1.74. The van der Waals surface area contributed by atoms with Gasteiger partial charge in [-0.2, -0.15) is 0 Å². The number of para-hydroxylation sites is 1. The maximum atomic E-state index is 13.0. The Morgan fingerprint density at radius 2 is 2.00 bits per heavy atom. The number of nitrogens with zero attached hydrogens (tertiary/aromatic N) is 1. The lowest BCUT2D eigenvalue weighted by molar-refractivity contribution is -0.135. The molecule has 1 aliphatic rings. The molecule has 3 rings (SSSR count). The summed E-state index contributed by atoms with van der Waals surface area (Å²) >= 11 is 0. The van der Waals surface area contributed by atoms with Crippen LogP contribution < -0.4 is 14.4 Å². The van der Waals surface area contributed by atoms with Crippen LogP contribution in [-0.2, 0) is 4.79 Å². The minimum Gasteiger partial charge on any atom is -0.497 e. The Morgan fingerprint density at radius 1 is 1.22 bits per heavy atom. The minimum atomic E-state index is -0.947. The average Bonchev–Trinajstić information content (AvgIpc) is 2.64. The molecule has 0 saturated carbocycles. The van der Waals surface area contributed by atoms with Gasteiger partial charge in [0.15, 0.2) is 5.78 Å². The number of methoxy groups -OCH3 is 2. The number of aliphatic carboxylic acids is 1. The molecule has 1 heterocycles. The largest absolute Gasteiger partial charge is 0.497 e. The second-order valence-electron chi connectivity index (χ2n) is 6.33. The molecule has 0 bridgehead atoms. The molecule has 2 aromatic carbocycles. The molecule has 1 aliphatic heterocycles. The third-order valence-electron chi connectivity index (χ3n) is 4.54. The summed E-state index contributed by atoms with van der Waals surface area (Å²) in [5.74, 6) is 0.192. The number of Topliss-reactive ketones (excluding diaryl/α,β-unsaturated/α-hetero) is 1. The number of carboxylic acids is 1. The lowest BCUT2D eigenvalue weighted by Gasteiger charge is -2.32. The molecular formula is C21H21NO5. The Hall–Kier alpha value is -3.28. The van der Waals surface area contributed by atoms with Crippen molar-refractivity contribution in [1.29, 1.82) is 0 Å². The van der Waals surface area contributed by atoms with Gasteiger partial charge in [0.25, 0.3) is 0 Å². The molecule has 27 heavy (non-hydrogen) atoms. The second-order valence-corrected chi connectivity index (χ2v) is 6.33. The van der Waals surface area contributed by atoms with E-state index < -0.39 is 5.97 Å². The van der Waals surface area contributed by atoms with Crippen molar-refractivity contribution in [3.8, 4) is 11.5 Å². The van der Waals surface area contributed by atoms with Crippen LogP contribution in [0.4, 0.5) is 5.69 Å². The zero-order valence-electron chi connectivity index (χ0n) is 15.5. The van der Waals surface area contributed by atoms with E-state index >= 15 is 0 Å². The van der Waals surface area contributed by atoms with Crippen LogP contribution in [0.2, 0.25) is 0 Å². The lowest BCUT2D eigenvalue weighted by Crippen LogP contribution is -2.38. The van der Waals surface area contributed by atoms with Gasteiger partial charge in [0, 0.05) is 23.2 Å². The lowest BCUT2D eigenvalue weighted by atomic mass is 9.92. The van der Waals surface area contributed by atoms with Gasteiger partial charge >= 0.3 is 5.97 Å². The molecule has 140 valence electrons. The van der Waals surface area contributed by atoms with Gasteiger partial charge in [0.05, 0.1) is 19.9 Å². The highest BCUT2D eigenvalue weighted by molar-refractivity contribution is 6.17. The fourth-order valence-electron chi connectivity index (χ4n) is 3.34. The van der Waals surface area contributed by atoms with E-state index in [1.165, 1.54) is 0 Å². The predicted molar refractivity (Wildman–Crippen MR) is 103 cm³/mol. The van der Waals surface area contributed by atoms with Gasteiger partial charge in [-0.05, 0) is 42.8 Å². The molecule has 0 radical (unpaired) electrons. The molecule has 0 fully saturated rings. The molecule has 0 aromatic heterocycles. The quantitative estimate of drug-likeness (QED) is 0.818. The van der Waals surface area contributed by atoms with E-state index in [1.807, 2.05) is 13.0 Å². The number of carbonyl (C=O) groups excluding carboxylic acids is 1. The van der Waals surface area contributed by atoms with Crippen LogP contribution in [0.3, 0.4) is 0 Å². The molecule has 0 amide bonds. The first kappa shape index (κ1) is 18.5. The van der Waals surface area contributed by atoms with Gasteiger partial charge in [0.2, 0.25) is 0 Å². The van der Waals surface area contributed by atoms with Crippen LogP contribution in [0.15, 0.2) is 42.0 Å². The number of hydrogen-bond acceptors (Lipinski definition) is 5. The van der Waals surface area contributed by atoms with Crippen molar-refractivity contribution in [2.24, 2.45) is 0 Å². The fraction of sp³-hybridized carbons (Fsp3) is 0.238. The zero-order valence-corrected chi connectivity index (χ0v) is 15.5. The van der Waals surface area contributed by atoms with Crippen molar-refractivity contribution in [3.05, 3.63) is 58.7 Å². The third-order valence-corrected chi connectivity index (χ3v) is 4.54. The molecule has 0 unspecified atom stereocenters. The summed E-state index contributed by atoms with van der Waals surface area (Å²) in [5, 5.41) is 9.29. The molecule has 0 spiro atoms. The van der Waals surface area contributed by atoms with Crippen LogP contribution in [0, 0.1) is 6.92 Å². The SMILES string of the molecule is COc1ccc(OC)c(/C=C2\CN(CC(=O)O)c3c(C)cccc3C2=O)c1. The summed E-state index contributed by atoms with van der Waals surface area (Å²) in [4.78, 5) is 26.1. The number of ketones is 1. The highest BCUT2D eigenvalue weighted by atomic mass is 16.5. The van der Waals surface area contributed by atoms with E-state index in [4.69, 9.17) is 9.47 Å². The van der Waals surface area contributed by atoms with Crippen LogP contribution in [-0.4, -0.2) is 44.2 Å². The maximum absolute atomic E-state index is 13.0. The van der Waals surface area contributed by atoms with Crippen molar-refractivity contribution < 1.29 is 24.2 Å². The number of carboxylic acid groups (broad SMARTS) is 1. The number of benzene rings is 2. The topological polar surface area (TPSA) is 76.1 Å². The number of anilines is 1. The molecule has 1 N–H and O–H groups in total. The first-order valence-corrected chi connectivity index (χ1v) is 8.48. The Labute approximate surface area is 157 Å². The highest BCUT2D eigenvalue weighted by Gasteiger charge is 2.29. The normalized spacial score (nSPS) is 14.9. The van der Waals surface area contributed by atoms with Crippen molar-refractivity contribution in [1.82, 2.24) is 0 Å². The number of aryl methyl sites for hydroxylation is 1. The van der Waals surface area contributed by atoms with Crippen molar-refractivity contribution in [2.45, 2.75) is 6.92 Å². The first-order valence-electron chi connectivity index (χ1n) is 8.48. The van der Waals surface area contributed by atoms with Gasteiger partial charge < -0.3 is 19.5 Å². The van der Waals surface area contributed by atoms with Gasteiger partial charge in [0.1, 0.15) is 18.0 Å². The van der Waals surface area contributed by atoms with Crippen LogP contribution >= 0.6 is 0 Å². The Kier molecular flexibility index (Phi) is 5.16. The van der Waals surface area contributed by atoms with Gasteiger partial charge in [-0.1, -0.05) is 12.1 Å². The number of hydrogen-bond donors (Lipinski definition) is 1. The first-order chi connectivity index (χ1) is 12.9. The minimum absolute atomic E-state index is 0.111. The summed E-state index contributed by atoms with van der Waals surface area (Å²) in [6.45, 7) is 1.90. The van der Waals surface area contributed by atoms with E-state index in [0.717, 1.165) is 5.56 Å². The van der Waals surface area contributed by atoms with Gasteiger partial charge in [-0.3, -0.25) is 9.59 Å². The Morgan fingerprint density at radius 3 is 2.67 bits per heavy atom. The van der Waals surface area contributed by atoms with Crippen LogP contribution in [0.25, 0.3) is 6.08 Å². The molecule has 0 atom stereocenters. The monoisotopic (exact) mass is 367 g/mol. The smallest absolute Gasteiger partial charge is 0.323 e. The molecule has 0 saturated heterocycles. The standard InChI is InChI=1S/C21H21NO5/c1-13-5-4-6-17-20(13)22(12-19(23)24)11-15(21(17)25)9-14-10-16(26-2)7-8-18(14)27-3/h4-10H,11-12H2,1-3H3,(H,23,24)/b15-9+. The third kappa shape index (κ3) is 3.65. The summed E-state index contributed by atoms with van der Waals surface area (Å²) in [6, 6.07) is 10.7. The number of carbonyl (C=O) groups is 2. The molecule has 0 aliphatic carbocycles. The summed E-state index contributed by atoms with van der Waals surface area (Å²) in [5.41, 5.74) is 3.27. The van der Waals surface area contributed by atoms with E-state index in [0.29, 0.717) is 33.9 Å². The van der Waals surface area contributed by atoms with Crippen molar-refractivity contribution in [2.75, 3.05) is 32.2 Å². The van der Waals surface area contributed by atoms with Crippen LogP contribution in [0.1, 0.15) is 21.5 Å². The summed E-state index contributed by atoms with van der Waals surface area (Å²) in [7, 11) is 3.13. The number of fused-ring (bicyclic) bond motifs is 1. The van der Waals surface area contributed by atoms with E-state index in [2.05, 4.69) is 0 Å². The molecular weight excluding hydrogens is 346 g/mol. The Balaban J connectivity index is 2.11. The van der Waals surface area contributed by atoms with Crippen molar-refractivity contribution in [3.63, 3.8) is 0 Å². The summed E-state index contributed by atoms with van der Waals surface area (Å²) < 4.78 is 10.6. The second kappa shape index (κ2) is 7.53. The number of ether oxygens (including phenoxy) is 2. The molecule has 2 aromatic rings. The van der Waals surface area contributed by atoms with Gasteiger partial charge in [-0.15, -0.1) is 0 Å². The average molecular weight is 367 g/mol. The highest BCUT2D eigenvalue weighted by Crippen LogP contribution is 2.34. The zero-order chi connectivity index (χ0) is 19.6. The van der Waals surface area contributed by atoms with E-state index in [9.17, 15) is 14.7 Å². The van der Waals surface area contributed by atoms with E-state index in [1.54, 1.807) is 55.5 Å². The maximum Gasteiger partial charge on any atom is 0.323 e. The van der Waals surface area contributed by atoms with Gasteiger partial charge in [-0.25, -0.2) is 0 Å². The predicted octanol–water partition coefficient (Wildman–Crippen LogP) is 3.18. The molecule has 6 heteroatoms. The number of rotatable bonds is 5. The Bertz CT molecular complexity index is 932. The van der Waals surface area contributed by atoms with Crippen LogP contribution in [0.5, 0.6) is 11.5 Å². The van der Waals surface area contributed by atoms with E-state index in [-0.39, 0.29) is 18.9 Å². The van der Waals surface area contributed by atoms with Crippen molar-refractivity contribution >= 4 is 23.5 Å².